The second kappa shape index (κ2) is 12.1. The summed E-state index contributed by atoms with van der Waals surface area (Å²) in [6.45, 7) is 2.66. The molecule has 7 nitrogen and oxygen atoms in total. The number of aliphatic imine (C=N–C) groups is 1. The Kier molecular flexibility index (Phi) is 8.89. The Morgan fingerprint density at radius 1 is 1.08 bits per heavy atom. The molecule has 4 rings (SSSR count). The number of allylic oxidation sites excluding steroid dienone is 1. The van der Waals surface area contributed by atoms with Gasteiger partial charge in [0.15, 0.2) is 5.82 Å². The van der Waals surface area contributed by atoms with Crippen molar-refractivity contribution in [2.45, 2.75) is 24.2 Å². The smallest absolute Gasteiger partial charge is 0.250 e. The number of rotatable bonds is 10. The number of hydrogen-bond donors (Lipinski definition) is 2. The zero-order valence-corrected chi connectivity index (χ0v) is 23.3. The molecule has 2 heterocycles. The Balaban J connectivity index is 1.39. The van der Waals surface area contributed by atoms with Gasteiger partial charge < -0.3 is 5.32 Å². The Hall–Kier alpha value is -2.89. The van der Waals surface area contributed by atoms with Gasteiger partial charge in [-0.25, -0.2) is 22.8 Å². The van der Waals surface area contributed by atoms with Gasteiger partial charge in [-0.1, -0.05) is 65.7 Å². The first kappa shape index (κ1) is 27.2. The van der Waals surface area contributed by atoms with Crippen molar-refractivity contribution in [1.82, 2.24) is 19.8 Å². The first-order chi connectivity index (χ1) is 17.8. The monoisotopic (exact) mass is 571 g/mol. The minimum atomic E-state index is -3.59. The maximum absolute atomic E-state index is 12.4. The van der Waals surface area contributed by atoms with Gasteiger partial charge >= 0.3 is 0 Å². The van der Waals surface area contributed by atoms with Crippen LogP contribution in [0.15, 0.2) is 82.1 Å². The molecular formula is C25H24BCl2N5O2S2. The van der Waals surface area contributed by atoms with Gasteiger partial charge in [-0.05, 0) is 47.8 Å². The molecule has 0 aliphatic carbocycles. The van der Waals surface area contributed by atoms with Gasteiger partial charge in [-0.2, -0.15) is 5.10 Å². The number of thiophene rings is 1. The molecule has 0 amide bonds. The normalized spacial score (nSPS) is 12.4. The van der Waals surface area contributed by atoms with Crippen molar-refractivity contribution >= 4 is 75.7 Å². The standard InChI is InChI=1S/C25H24BCl2N5O2S2/c1-2-23(33-25(20(26)16-31-33)30-15-19-5-3-4-6-21(19)27)29-13-17-7-9-18(10-8-17)14-32-37(34,35)24-12-11-22(28)36-24/h2-12,15-16,29,32H,13-14,26H2,1H3/b23-2-,30-15+. The molecule has 4 aromatic rings. The van der Waals surface area contributed by atoms with Crippen molar-refractivity contribution in [1.29, 1.82) is 0 Å². The largest absolute Gasteiger partial charge is 0.366 e. The van der Waals surface area contributed by atoms with Crippen LogP contribution in [0.2, 0.25) is 9.36 Å². The number of hydrogen-bond acceptors (Lipinski definition) is 6. The summed E-state index contributed by atoms with van der Waals surface area (Å²) in [6.07, 6.45) is 5.43. The molecule has 2 aromatic heterocycles. The van der Waals surface area contributed by atoms with Crippen molar-refractivity contribution in [2.75, 3.05) is 0 Å². The van der Waals surface area contributed by atoms with E-state index in [2.05, 4.69) is 20.1 Å². The molecule has 0 aliphatic rings. The molecule has 190 valence electrons. The summed E-state index contributed by atoms with van der Waals surface area (Å²) < 4.78 is 29.8. The lowest BCUT2D eigenvalue weighted by Crippen LogP contribution is -2.22. The van der Waals surface area contributed by atoms with Gasteiger partial charge in [-0.3, -0.25) is 0 Å². The number of sulfonamides is 1. The molecule has 2 N–H and O–H groups in total. The van der Waals surface area contributed by atoms with Crippen LogP contribution in [0.5, 0.6) is 0 Å². The predicted octanol–water partition coefficient (Wildman–Crippen LogP) is 4.35. The highest BCUT2D eigenvalue weighted by Crippen LogP contribution is 2.25. The van der Waals surface area contributed by atoms with Gasteiger partial charge in [0.25, 0.3) is 0 Å². The molecule has 0 saturated carbocycles. The molecule has 0 bridgehead atoms. The SMILES string of the molecule is Bc1cnn(/C(=C\C)NCc2ccc(CNS(=O)(=O)c3ccc(Cl)s3)cc2)c1/N=C/c1ccccc1Cl. The summed E-state index contributed by atoms with van der Waals surface area (Å²) in [6, 6.07) is 18.3. The van der Waals surface area contributed by atoms with Crippen molar-refractivity contribution in [3.63, 3.8) is 0 Å². The molecule has 0 fully saturated rings. The highest BCUT2D eigenvalue weighted by Gasteiger charge is 2.16. The Morgan fingerprint density at radius 2 is 1.78 bits per heavy atom. The van der Waals surface area contributed by atoms with Crippen molar-refractivity contribution < 1.29 is 8.42 Å². The van der Waals surface area contributed by atoms with Crippen molar-refractivity contribution in [3.8, 4) is 0 Å². The minimum Gasteiger partial charge on any atom is -0.366 e. The van der Waals surface area contributed by atoms with Crippen LogP contribution in [0.1, 0.15) is 23.6 Å². The molecule has 2 aromatic carbocycles. The molecular weight excluding hydrogens is 548 g/mol. The fraction of sp³-hybridized carbons (Fsp3) is 0.120. The Bertz CT molecular complexity index is 1550. The van der Waals surface area contributed by atoms with Gasteiger partial charge in [0.2, 0.25) is 10.0 Å². The van der Waals surface area contributed by atoms with Gasteiger partial charge in [0.05, 0.1) is 4.34 Å². The average Bonchev–Trinajstić information content (AvgIpc) is 3.49. The van der Waals surface area contributed by atoms with Crippen LogP contribution in [0, 0.1) is 0 Å². The fourth-order valence-electron chi connectivity index (χ4n) is 3.43. The molecule has 0 atom stereocenters. The third kappa shape index (κ3) is 6.91. The third-order valence-corrected chi connectivity index (χ3v) is 8.90. The second-order valence-corrected chi connectivity index (χ2v) is 12.2. The molecule has 0 aliphatic heterocycles. The molecule has 0 radical (unpaired) electrons. The summed E-state index contributed by atoms with van der Waals surface area (Å²) in [4.78, 5) is 4.64. The maximum Gasteiger partial charge on any atom is 0.250 e. The quantitative estimate of drug-likeness (QED) is 0.219. The summed E-state index contributed by atoms with van der Waals surface area (Å²) in [5.41, 5.74) is 3.63. The van der Waals surface area contributed by atoms with Crippen molar-refractivity contribution in [3.05, 3.63) is 99.0 Å². The number of nitrogens with zero attached hydrogens (tertiary/aromatic N) is 3. The topological polar surface area (TPSA) is 88.4 Å². The van der Waals surface area contributed by atoms with Crippen LogP contribution < -0.4 is 15.5 Å². The minimum absolute atomic E-state index is 0.186. The lowest BCUT2D eigenvalue weighted by atomic mass is 10.00. The zero-order valence-electron chi connectivity index (χ0n) is 20.2. The Labute approximate surface area is 231 Å². The van der Waals surface area contributed by atoms with E-state index < -0.39 is 10.0 Å². The average molecular weight is 572 g/mol. The Morgan fingerprint density at radius 3 is 2.43 bits per heavy atom. The molecule has 0 saturated heterocycles. The van der Waals surface area contributed by atoms with Crippen LogP contribution in [0.3, 0.4) is 0 Å². The summed E-state index contributed by atoms with van der Waals surface area (Å²) in [5.74, 6) is 1.49. The summed E-state index contributed by atoms with van der Waals surface area (Å²) in [5, 5.41) is 8.52. The van der Waals surface area contributed by atoms with Gasteiger partial charge in [-0.15, -0.1) is 11.3 Å². The van der Waals surface area contributed by atoms with E-state index in [1.165, 1.54) is 6.07 Å². The molecule has 0 spiro atoms. The summed E-state index contributed by atoms with van der Waals surface area (Å²) in [7, 11) is -1.64. The van der Waals surface area contributed by atoms with Crippen LogP contribution in [-0.4, -0.2) is 32.3 Å². The fourth-order valence-corrected chi connectivity index (χ4v) is 6.16. The van der Waals surface area contributed by atoms with E-state index >= 15 is 0 Å². The highest BCUT2D eigenvalue weighted by atomic mass is 35.5. The van der Waals surface area contributed by atoms with E-state index in [4.69, 9.17) is 23.2 Å². The number of benzene rings is 2. The third-order valence-electron chi connectivity index (χ3n) is 5.43. The lowest BCUT2D eigenvalue weighted by molar-refractivity contribution is 0.583. The predicted molar refractivity (Wildman–Crippen MR) is 156 cm³/mol. The van der Waals surface area contributed by atoms with Crippen LogP contribution in [-0.2, 0) is 23.1 Å². The van der Waals surface area contributed by atoms with Crippen LogP contribution in [0.4, 0.5) is 5.82 Å². The van der Waals surface area contributed by atoms with Gasteiger partial charge in [0.1, 0.15) is 17.9 Å². The van der Waals surface area contributed by atoms with Gasteiger partial charge in [0, 0.05) is 36.1 Å². The molecule has 0 unspecified atom stereocenters. The first-order valence-electron chi connectivity index (χ1n) is 11.3. The number of aromatic nitrogens is 2. The number of halogens is 2. The maximum atomic E-state index is 12.4. The van der Waals surface area contributed by atoms with E-state index in [1.54, 1.807) is 23.2 Å². The van der Waals surface area contributed by atoms with E-state index in [0.717, 1.165) is 39.3 Å². The van der Waals surface area contributed by atoms with E-state index in [-0.39, 0.29) is 10.8 Å². The molecule has 37 heavy (non-hydrogen) atoms. The summed E-state index contributed by atoms with van der Waals surface area (Å²) >= 11 is 13.1. The van der Waals surface area contributed by atoms with Crippen LogP contribution in [0.25, 0.3) is 5.82 Å². The highest BCUT2D eigenvalue weighted by molar-refractivity contribution is 7.91. The van der Waals surface area contributed by atoms with E-state index in [0.29, 0.717) is 21.7 Å². The van der Waals surface area contributed by atoms with E-state index in [1.807, 2.05) is 69.4 Å². The number of nitrogens with one attached hydrogen (secondary N) is 2. The molecule has 12 heteroatoms. The van der Waals surface area contributed by atoms with Crippen LogP contribution >= 0.6 is 34.5 Å². The zero-order chi connectivity index (χ0) is 26.4. The van der Waals surface area contributed by atoms with E-state index in [9.17, 15) is 8.42 Å². The van der Waals surface area contributed by atoms with Crippen molar-refractivity contribution in [2.24, 2.45) is 4.99 Å². The first-order valence-corrected chi connectivity index (χ1v) is 14.4. The second-order valence-electron chi connectivity index (χ2n) is 8.07. The lowest BCUT2D eigenvalue weighted by Gasteiger charge is -2.13.